The predicted molar refractivity (Wildman–Crippen MR) is 259 cm³/mol. The summed E-state index contributed by atoms with van der Waals surface area (Å²) >= 11 is 0. The van der Waals surface area contributed by atoms with Gasteiger partial charge in [0.1, 0.15) is 28.7 Å². The van der Waals surface area contributed by atoms with E-state index in [-0.39, 0.29) is 72.8 Å². The number of unbranched alkanes of at least 4 members (excludes halogenated alkanes) is 1. The average Bonchev–Trinajstić information content (AvgIpc) is 3.93. The van der Waals surface area contributed by atoms with E-state index >= 15 is 4.39 Å². The Balaban J connectivity index is 1.08. The van der Waals surface area contributed by atoms with Crippen molar-refractivity contribution in [1.82, 2.24) is 19.7 Å². The molecule has 4 aliphatic heterocycles. The van der Waals surface area contributed by atoms with Crippen LogP contribution in [0.5, 0.6) is 0 Å². The molecule has 0 spiro atoms. The van der Waals surface area contributed by atoms with Crippen LogP contribution in [-0.4, -0.2) is 119 Å². The predicted octanol–water partition coefficient (Wildman–Crippen LogP) is 8.45. The van der Waals surface area contributed by atoms with Gasteiger partial charge in [-0.2, -0.15) is 15.8 Å². The van der Waals surface area contributed by atoms with Crippen LogP contribution >= 0.6 is 0 Å². The molecule has 4 saturated heterocycles. The first-order valence-corrected chi connectivity index (χ1v) is 25.4. The molecule has 2 N–H and O–H groups in total. The number of hydrogen-bond acceptors (Lipinski definition) is 13. The highest BCUT2D eigenvalue weighted by atomic mass is 19.1. The van der Waals surface area contributed by atoms with Crippen molar-refractivity contribution in [2.24, 2.45) is 63.4 Å². The standard InChI is InChI=1S/C54H68FN9O8/c1-49(2,3)70-45(65)61-25-39-36(20-57)52(39,28-61)17-11-10-12-35(53-29-62(26-40(53)37(53)21-58)46(66)71-50(4,5)6)44(54-30-63(27-41(54)38(54)22-59)47(67)72-51(7,8)9)43-16-13-31(23-60-43)34-15-14-32(18-42(34)55)64-24-33(19-56)69-48(64)68/h13-16,18,23,33,35-41,44H,10-12,17,19,24-30,56H2,1-9H3/t33-,35?,36?,37?,38?,39?,40?,41?,44?,52?,53?,54?/m0/s1. The largest absolute Gasteiger partial charge is 0.444 e. The van der Waals surface area contributed by atoms with Gasteiger partial charge in [-0.1, -0.05) is 18.9 Å². The SMILES string of the molecule is CC(C)(C)OC(=O)N1CC2C(C#N)C2(CCCCC(C(c2ccc(-c3ccc(N4C[C@H](CN)OC4=O)cc3F)cn2)C23CN(C(=O)OC(C)(C)C)CC2C3C#N)C23CN(C(=O)OC(C)(C)C)CC2C3C#N)C1. The molecule has 0 bridgehead atoms. The maximum Gasteiger partial charge on any atom is 0.414 e. The number of halogens is 1. The number of carbonyl (C=O) groups is 4. The first-order valence-electron chi connectivity index (χ1n) is 25.4. The third kappa shape index (κ3) is 8.83. The quantitative estimate of drug-likeness (QED) is 0.156. The van der Waals surface area contributed by atoms with Crippen molar-refractivity contribution in [3.05, 3.63) is 48.0 Å². The van der Waals surface area contributed by atoms with Crippen molar-refractivity contribution in [3.8, 4) is 29.3 Å². The zero-order valence-corrected chi connectivity index (χ0v) is 42.9. The number of cyclic esters (lactones) is 1. The number of nitrogens with two attached hydrogens (primary N) is 1. The molecule has 7 aliphatic rings. The minimum Gasteiger partial charge on any atom is -0.444 e. The molecular formula is C54H68FN9O8. The number of nitriles is 3. The molecule has 2 aromatic rings. The molecule has 17 nitrogen and oxygen atoms in total. The van der Waals surface area contributed by atoms with Crippen LogP contribution in [0.25, 0.3) is 11.1 Å². The number of aromatic nitrogens is 1. The molecule has 12 atom stereocenters. The maximum absolute atomic E-state index is 16.1. The van der Waals surface area contributed by atoms with E-state index in [4.69, 9.17) is 29.7 Å². The lowest BCUT2D eigenvalue weighted by molar-refractivity contribution is 0.0197. The van der Waals surface area contributed by atoms with Crippen LogP contribution in [0.3, 0.4) is 0 Å². The summed E-state index contributed by atoms with van der Waals surface area (Å²) in [6, 6.07) is 15.9. The molecule has 3 saturated carbocycles. The normalized spacial score (nSPS) is 31.8. The van der Waals surface area contributed by atoms with E-state index in [1.807, 2.05) is 68.4 Å². The molecule has 1 aromatic carbocycles. The van der Waals surface area contributed by atoms with Crippen molar-refractivity contribution >= 4 is 30.1 Å². The number of likely N-dealkylation sites (tertiary alicyclic amines) is 3. The summed E-state index contributed by atoms with van der Waals surface area (Å²) in [5.41, 5.74) is 3.33. The van der Waals surface area contributed by atoms with E-state index in [0.717, 1.165) is 0 Å². The number of benzene rings is 1. The maximum atomic E-state index is 16.1. The fourth-order valence-corrected chi connectivity index (χ4v) is 13.6. The van der Waals surface area contributed by atoms with E-state index in [9.17, 15) is 35.0 Å². The van der Waals surface area contributed by atoms with Gasteiger partial charge in [0.15, 0.2) is 0 Å². The molecule has 11 unspecified atom stereocenters. The van der Waals surface area contributed by atoms with Gasteiger partial charge in [-0.3, -0.25) is 9.88 Å². The summed E-state index contributed by atoms with van der Waals surface area (Å²) in [5, 5.41) is 32.2. The fraction of sp³-hybridized carbons (Fsp3) is 0.667. The lowest BCUT2D eigenvalue weighted by Crippen LogP contribution is -2.43. The Bertz CT molecular complexity index is 2640. The second-order valence-corrected chi connectivity index (χ2v) is 24.5. The first kappa shape index (κ1) is 50.7. The molecule has 5 heterocycles. The van der Waals surface area contributed by atoms with E-state index in [0.29, 0.717) is 68.8 Å². The Morgan fingerprint density at radius 2 is 1.31 bits per heavy atom. The highest BCUT2D eigenvalue weighted by Gasteiger charge is 2.80. The molecule has 384 valence electrons. The number of nitrogens with zero attached hydrogens (tertiary/aromatic N) is 8. The van der Waals surface area contributed by atoms with Gasteiger partial charge >= 0.3 is 24.4 Å². The molecule has 1 aromatic heterocycles. The summed E-state index contributed by atoms with van der Waals surface area (Å²) < 4.78 is 38.9. The summed E-state index contributed by atoms with van der Waals surface area (Å²) in [6.07, 6.45) is 1.80. The van der Waals surface area contributed by atoms with E-state index < -0.39 is 75.6 Å². The molecule has 3 aliphatic carbocycles. The number of ether oxygens (including phenoxy) is 4. The summed E-state index contributed by atoms with van der Waals surface area (Å²) in [6.45, 7) is 18.6. The van der Waals surface area contributed by atoms with Crippen molar-refractivity contribution in [1.29, 1.82) is 15.8 Å². The Morgan fingerprint density at radius 1 is 0.764 bits per heavy atom. The van der Waals surface area contributed by atoms with E-state index in [1.54, 1.807) is 39.1 Å². The van der Waals surface area contributed by atoms with Gasteiger partial charge in [0.2, 0.25) is 0 Å². The highest BCUT2D eigenvalue weighted by Crippen LogP contribution is 2.78. The van der Waals surface area contributed by atoms with Gasteiger partial charge in [-0.05, 0) is 105 Å². The van der Waals surface area contributed by atoms with E-state index in [1.165, 1.54) is 11.0 Å². The van der Waals surface area contributed by atoms with Gasteiger partial charge in [-0.25, -0.2) is 23.6 Å². The summed E-state index contributed by atoms with van der Waals surface area (Å²) in [7, 11) is 0. The number of piperidine rings is 3. The number of hydrogen-bond donors (Lipinski definition) is 1. The van der Waals surface area contributed by atoms with Crippen LogP contribution in [0.2, 0.25) is 0 Å². The van der Waals surface area contributed by atoms with Crippen LogP contribution in [0.1, 0.15) is 99.6 Å². The van der Waals surface area contributed by atoms with Crippen LogP contribution in [0.15, 0.2) is 36.5 Å². The molecule has 72 heavy (non-hydrogen) atoms. The smallest absolute Gasteiger partial charge is 0.414 e. The van der Waals surface area contributed by atoms with Crippen molar-refractivity contribution < 1.29 is 42.5 Å². The van der Waals surface area contributed by atoms with Crippen LogP contribution < -0.4 is 10.6 Å². The zero-order chi connectivity index (χ0) is 52.1. The van der Waals surface area contributed by atoms with Crippen molar-refractivity contribution in [3.63, 3.8) is 0 Å². The van der Waals surface area contributed by atoms with Crippen LogP contribution in [-0.2, 0) is 18.9 Å². The number of rotatable bonds is 12. The Kier molecular flexibility index (Phi) is 12.5. The third-order valence-electron chi connectivity index (χ3n) is 16.7. The third-order valence-corrected chi connectivity index (χ3v) is 16.7. The molecule has 9 rings (SSSR count). The van der Waals surface area contributed by atoms with Gasteiger partial charge in [0.05, 0.1) is 48.2 Å². The van der Waals surface area contributed by atoms with Crippen molar-refractivity contribution in [2.75, 3.05) is 57.3 Å². The fourth-order valence-electron chi connectivity index (χ4n) is 13.6. The Hall–Kier alpha value is -6.19. The highest BCUT2D eigenvalue weighted by molar-refractivity contribution is 5.90. The lowest BCUT2D eigenvalue weighted by atomic mass is 9.65. The van der Waals surface area contributed by atoms with E-state index in [2.05, 4.69) is 18.2 Å². The minimum absolute atomic E-state index is 0.0361. The zero-order valence-electron chi connectivity index (χ0n) is 42.9. The molecule has 7 fully saturated rings. The first-order chi connectivity index (χ1) is 33.8. The summed E-state index contributed by atoms with van der Waals surface area (Å²) in [5.74, 6) is -2.92. The van der Waals surface area contributed by atoms with Crippen LogP contribution in [0, 0.1) is 97.5 Å². The lowest BCUT2D eigenvalue weighted by Gasteiger charge is -2.40. The Labute approximate surface area is 421 Å². The van der Waals surface area contributed by atoms with Crippen LogP contribution in [0.4, 0.5) is 29.3 Å². The molecule has 4 amide bonds. The second-order valence-electron chi connectivity index (χ2n) is 24.5. The molecule has 18 heteroatoms. The number of carbonyl (C=O) groups excluding carboxylic acids is 4. The van der Waals surface area contributed by atoms with Gasteiger partial charge in [0, 0.05) is 109 Å². The van der Waals surface area contributed by atoms with Gasteiger partial charge in [0.25, 0.3) is 0 Å². The summed E-state index contributed by atoms with van der Waals surface area (Å²) in [4.78, 5) is 65.1. The number of amides is 4. The minimum atomic E-state index is -0.809. The number of pyridine rings is 1. The molecule has 0 radical (unpaired) electrons. The Morgan fingerprint density at radius 3 is 1.82 bits per heavy atom. The monoisotopic (exact) mass is 990 g/mol. The van der Waals surface area contributed by atoms with Gasteiger partial charge < -0.3 is 39.4 Å². The second kappa shape index (κ2) is 17.8. The molecular weight excluding hydrogens is 922 g/mol. The number of anilines is 1. The average molecular weight is 990 g/mol. The van der Waals surface area contributed by atoms with Gasteiger partial charge in [-0.15, -0.1) is 0 Å². The van der Waals surface area contributed by atoms with Crippen molar-refractivity contribution in [2.45, 2.75) is 117 Å². The topological polar surface area (TPSA) is 228 Å². The number of fused-ring (bicyclic) bond motifs is 3.